The van der Waals surface area contributed by atoms with E-state index >= 15 is 0 Å². The van der Waals surface area contributed by atoms with E-state index in [-0.39, 0.29) is 5.91 Å². The highest BCUT2D eigenvalue weighted by Gasteiger charge is 2.24. The molecule has 0 bridgehead atoms. The van der Waals surface area contributed by atoms with E-state index in [4.69, 9.17) is 0 Å². The Kier molecular flexibility index (Phi) is 4.50. The highest BCUT2D eigenvalue weighted by atomic mass is 32.2. The molecular formula is C16H18N4O3S. The number of nitrogens with zero attached hydrogens (tertiary/aromatic N) is 2. The lowest BCUT2D eigenvalue weighted by atomic mass is 10.0. The van der Waals surface area contributed by atoms with Crippen molar-refractivity contribution in [1.82, 2.24) is 9.71 Å². The van der Waals surface area contributed by atoms with Gasteiger partial charge in [-0.2, -0.15) is 8.42 Å². The van der Waals surface area contributed by atoms with E-state index in [0.29, 0.717) is 17.8 Å². The Labute approximate surface area is 140 Å². The minimum absolute atomic E-state index is 0.141. The molecule has 0 radical (unpaired) electrons. The molecule has 0 fully saturated rings. The smallest absolute Gasteiger partial charge is 0.298 e. The second-order valence-electron chi connectivity index (χ2n) is 5.46. The van der Waals surface area contributed by atoms with Crippen molar-refractivity contribution in [2.24, 2.45) is 0 Å². The van der Waals surface area contributed by atoms with Crippen LogP contribution in [0.15, 0.2) is 42.7 Å². The summed E-state index contributed by atoms with van der Waals surface area (Å²) in [5.74, 6) is -0.141. The Morgan fingerprint density at radius 3 is 2.83 bits per heavy atom. The fourth-order valence-corrected chi connectivity index (χ4v) is 3.24. The quantitative estimate of drug-likeness (QED) is 0.879. The van der Waals surface area contributed by atoms with E-state index in [1.54, 1.807) is 35.4 Å². The molecule has 3 rings (SSSR count). The molecule has 2 aromatic rings. The first-order chi connectivity index (χ1) is 11.5. The van der Waals surface area contributed by atoms with Gasteiger partial charge < -0.3 is 4.90 Å². The lowest BCUT2D eigenvalue weighted by Gasteiger charge is -2.30. The van der Waals surface area contributed by atoms with Crippen LogP contribution in [0.3, 0.4) is 0 Å². The highest BCUT2D eigenvalue weighted by molar-refractivity contribution is 7.90. The lowest BCUT2D eigenvalue weighted by Crippen LogP contribution is -2.35. The summed E-state index contributed by atoms with van der Waals surface area (Å²) in [5.41, 5.74) is 2.66. The van der Waals surface area contributed by atoms with Crippen molar-refractivity contribution in [3.8, 4) is 0 Å². The van der Waals surface area contributed by atoms with Crippen LogP contribution in [0, 0.1) is 0 Å². The van der Waals surface area contributed by atoms with Gasteiger partial charge in [0.15, 0.2) is 0 Å². The van der Waals surface area contributed by atoms with E-state index in [9.17, 15) is 13.2 Å². The van der Waals surface area contributed by atoms with Crippen molar-refractivity contribution in [1.29, 1.82) is 0 Å². The van der Waals surface area contributed by atoms with Gasteiger partial charge in [-0.15, -0.1) is 0 Å². The summed E-state index contributed by atoms with van der Waals surface area (Å²) in [4.78, 5) is 18.4. The molecule has 0 saturated carbocycles. The molecule has 1 aliphatic rings. The molecule has 0 unspecified atom stereocenters. The fraction of sp³-hybridized carbons (Fsp3) is 0.250. The van der Waals surface area contributed by atoms with Gasteiger partial charge in [-0.1, -0.05) is 6.07 Å². The number of carbonyl (C=O) groups excluding carboxylic acids is 1. The number of aryl methyl sites for hydroxylation is 1. The predicted molar refractivity (Wildman–Crippen MR) is 92.3 cm³/mol. The van der Waals surface area contributed by atoms with E-state index in [0.717, 1.165) is 24.1 Å². The summed E-state index contributed by atoms with van der Waals surface area (Å²) in [5, 5.41) is 0. The van der Waals surface area contributed by atoms with Gasteiger partial charge in [0.05, 0.1) is 11.3 Å². The second-order valence-corrected chi connectivity index (χ2v) is 7.07. The first-order valence-electron chi connectivity index (χ1n) is 7.56. The van der Waals surface area contributed by atoms with E-state index in [1.807, 2.05) is 6.07 Å². The topological polar surface area (TPSA) is 91.4 Å². The highest BCUT2D eigenvalue weighted by Crippen LogP contribution is 2.31. The van der Waals surface area contributed by atoms with Gasteiger partial charge in [0, 0.05) is 31.7 Å². The minimum atomic E-state index is -3.60. The van der Waals surface area contributed by atoms with Gasteiger partial charge in [0.1, 0.15) is 0 Å². The molecule has 0 aliphatic carbocycles. The summed E-state index contributed by atoms with van der Waals surface area (Å²) in [7, 11) is -2.27. The number of aromatic nitrogens is 1. The largest absolute Gasteiger partial charge is 0.308 e. The SMILES string of the molecule is CNS(=O)(=O)Nc1ccc2c(c1)N(C(=O)c1cccnc1)CCC2. The Hall–Kier alpha value is -2.45. The number of hydrogen-bond acceptors (Lipinski definition) is 4. The summed E-state index contributed by atoms with van der Waals surface area (Å²) in [6.07, 6.45) is 4.86. The van der Waals surface area contributed by atoms with Crippen molar-refractivity contribution in [2.45, 2.75) is 12.8 Å². The number of fused-ring (bicyclic) bond motifs is 1. The summed E-state index contributed by atoms with van der Waals surface area (Å²) in [6.45, 7) is 0.586. The van der Waals surface area contributed by atoms with Crippen LogP contribution in [0.5, 0.6) is 0 Å². The van der Waals surface area contributed by atoms with Crippen molar-refractivity contribution in [3.63, 3.8) is 0 Å². The summed E-state index contributed by atoms with van der Waals surface area (Å²) < 4.78 is 28.0. The monoisotopic (exact) mass is 346 g/mol. The number of carbonyl (C=O) groups is 1. The van der Waals surface area contributed by atoms with Crippen molar-refractivity contribution < 1.29 is 13.2 Å². The van der Waals surface area contributed by atoms with Gasteiger partial charge in [-0.25, -0.2) is 4.72 Å². The van der Waals surface area contributed by atoms with Crippen molar-refractivity contribution >= 4 is 27.5 Å². The Morgan fingerprint density at radius 2 is 2.12 bits per heavy atom. The number of pyridine rings is 1. The fourth-order valence-electron chi connectivity index (χ4n) is 2.70. The summed E-state index contributed by atoms with van der Waals surface area (Å²) >= 11 is 0. The molecule has 8 heteroatoms. The molecule has 7 nitrogen and oxygen atoms in total. The van der Waals surface area contributed by atoms with Crippen LogP contribution in [0.4, 0.5) is 11.4 Å². The average molecular weight is 346 g/mol. The number of hydrogen-bond donors (Lipinski definition) is 2. The van der Waals surface area contributed by atoms with Crippen molar-refractivity contribution in [3.05, 3.63) is 53.9 Å². The zero-order valence-corrected chi connectivity index (χ0v) is 14.0. The molecular weight excluding hydrogens is 328 g/mol. The zero-order chi connectivity index (χ0) is 17.2. The maximum atomic E-state index is 12.8. The van der Waals surface area contributed by atoms with Gasteiger partial charge in [-0.3, -0.25) is 14.5 Å². The molecule has 24 heavy (non-hydrogen) atoms. The van der Waals surface area contributed by atoms with Crippen LogP contribution in [0.2, 0.25) is 0 Å². The molecule has 1 aromatic heterocycles. The van der Waals surface area contributed by atoms with E-state index < -0.39 is 10.2 Å². The predicted octanol–water partition coefficient (Wildman–Crippen LogP) is 1.55. The Balaban J connectivity index is 1.95. The first-order valence-corrected chi connectivity index (χ1v) is 9.04. The number of amides is 1. The number of anilines is 2. The standard InChI is InChI=1S/C16H18N4O3S/c1-17-24(22,23)19-14-7-6-12-5-3-9-20(15(12)10-14)16(21)13-4-2-8-18-11-13/h2,4,6-8,10-11,17,19H,3,5,9H2,1H3. The number of nitrogens with one attached hydrogen (secondary N) is 2. The second kappa shape index (κ2) is 6.58. The van der Waals surface area contributed by atoms with Crippen LogP contribution < -0.4 is 14.3 Å². The third kappa shape index (κ3) is 3.39. The van der Waals surface area contributed by atoms with Gasteiger partial charge in [-0.05, 0) is 42.7 Å². The first kappa shape index (κ1) is 16.4. The van der Waals surface area contributed by atoms with Crippen LogP contribution in [-0.4, -0.2) is 32.9 Å². The minimum Gasteiger partial charge on any atom is -0.308 e. The molecule has 0 saturated heterocycles. The van der Waals surface area contributed by atoms with Crippen LogP contribution in [0.25, 0.3) is 0 Å². The molecule has 0 atom stereocenters. The summed E-state index contributed by atoms with van der Waals surface area (Å²) in [6, 6.07) is 8.68. The maximum Gasteiger partial charge on any atom is 0.298 e. The third-order valence-corrected chi connectivity index (χ3v) is 4.92. The van der Waals surface area contributed by atoms with Crippen molar-refractivity contribution in [2.75, 3.05) is 23.2 Å². The number of benzene rings is 1. The van der Waals surface area contributed by atoms with E-state index in [2.05, 4.69) is 14.4 Å². The molecule has 0 spiro atoms. The van der Waals surface area contributed by atoms with Crippen LogP contribution in [0.1, 0.15) is 22.3 Å². The Bertz CT molecular complexity index is 853. The van der Waals surface area contributed by atoms with Gasteiger partial charge in [0.25, 0.3) is 16.1 Å². The third-order valence-electron chi connectivity index (χ3n) is 3.88. The Morgan fingerprint density at radius 1 is 1.29 bits per heavy atom. The van der Waals surface area contributed by atoms with E-state index in [1.165, 1.54) is 13.2 Å². The molecule has 2 N–H and O–H groups in total. The molecule has 2 heterocycles. The zero-order valence-electron chi connectivity index (χ0n) is 13.2. The molecule has 126 valence electrons. The molecule has 1 amide bonds. The normalized spacial score (nSPS) is 14.1. The van der Waals surface area contributed by atoms with Crippen LogP contribution >= 0.6 is 0 Å². The maximum absolute atomic E-state index is 12.8. The van der Waals surface area contributed by atoms with Gasteiger partial charge in [0.2, 0.25) is 0 Å². The van der Waals surface area contributed by atoms with Gasteiger partial charge >= 0.3 is 0 Å². The number of rotatable bonds is 4. The van der Waals surface area contributed by atoms with Crippen LogP contribution in [-0.2, 0) is 16.6 Å². The molecule has 1 aromatic carbocycles. The lowest BCUT2D eigenvalue weighted by molar-refractivity contribution is 0.0985. The average Bonchev–Trinajstić information content (AvgIpc) is 2.61. The molecule has 1 aliphatic heterocycles.